The van der Waals surface area contributed by atoms with Crippen LogP contribution in [-0.4, -0.2) is 25.9 Å². The molecule has 3 aromatic heterocycles. The normalized spacial score (nSPS) is 18.3. The number of hydrogen-bond acceptors (Lipinski definition) is 5. The number of nitrogens with one attached hydrogen (secondary N) is 2. The number of thiophene rings is 1. The summed E-state index contributed by atoms with van der Waals surface area (Å²) in [4.78, 5) is 25.1. The van der Waals surface area contributed by atoms with Gasteiger partial charge >= 0.3 is 0 Å². The topological polar surface area (TPSA) is 73.9 Å². The maximum atomic E-state index is 12.3. The van der Waals surface area contributed by atoms with E-state index in [-0.39, 0.29) is 11.9 Å². The van der Waals surface area contributed by atoms with Crippen molar-refractivity contribution < 1.29 is 4.79 Å². The summed E-state index contributed by atoms with van der Waals surface area (Å²) in [5.74, 6) is 0.753. The summed E-state index contributed by atoms with van der Waals surface area (Å²) in [6.45, 7) is 0. The summed E-state index contributed by atoms with van der Waals surface area (Å²) in [5.41, 5.74) is 3.98. The first-order chi connectivity index (χ1) is 10.7. The average Bonchev–Trinajstić information content (AvgIpc) is 3.23. The number of halogens is 1. The molecule has 4 heterocycles. The Morgan fingerprint density at radius 1 is 1.45 bits per heavy atom. The second-order valence-corrected chi connectivity index (χ2v) is 7.17. The van der Waals surface area contributed by atoms with E-state index in [9.17, 15) is 4.79 Å². The van der Waals surface area contributed by atoms with Gasteiger partial charge in [0.2, 0.25) is 5.91 Å². The average molecular weight is 425 g/mol. The van der Waals surface area contributed by atoms with Gasteiger partial charge in [0.15, 0.2) is 5.82 Å². The predicted octanol–water partition coefficient (Wildman–Crippen LogP) is 3.31. The Balaban J connectivity index is 1.71. The molecular weight excluding hydrogens is 413 g/mol. The van der Waals surface area contributed by atoms with E-state index in [1.165, 1.54) is 11.2 Å². The maximum absolute atomic E-state index is 12.3. The number of hydrogen-bond donors (Lipinski definition) is 2. The highest BCUT2D eigenvalue weighted by molar-refractivity contribution is 14.1. The standard InChI is InChI=1S/C14H12IN5OS/c15-8-6-16-13-12(8)14(18-7-17-13)19-20-9(3-4-11(20)21)10-2-1-5-22-10/h1-2,5-7,9H,3-4H2,(H2,16,17,18,19)/t9-/m0/s1. The molecule has 22 heavy (non-hydrogen) atoms. The van der Waals surface area contributed by atoms with Crippen LogP contribution in [0.5, 0.6) is 0 Å². The summed E-state index contributed by atoms with van der Waals surface area (Å²) >= 11 is 3.90. The molecule has 1 atom stereocenters. The minimum absolute atomic E-state index is 0.0640. The van der Waals surface area contributed by atoms with Crippen molar-refractivity contribution in [3.8, 4) is 0 Å². The van der Waals surface area contributed by atoms with Gasteiger partial charge in [0.1, 0.15) is 12.0 Å². The number of amides is 1. The monoisotopic (exact) mass is 425 g/mol. The Kier molecular flexibility index (Phi) is 3.49. The van der Waals surface area contributed by atoms with Crippen molar-refractivity contribution in [2.45, 2.75) is 18.9 Å². The third-order valence-corrected chi connectivity index (χ3v) is 5.56. The number of carbonyl (C=O) groups is 1. The number of anilines is 1. The van der Waals surface area contributed by atoms with E-state index in [0.29, 0.717) is 12.2 Å². The molecule has 112 valence electrons. The van der Waals surface area contributed by atoms with Crippen molar-refractivity contribution >= 4 is 56.7 Å². The van der Waals surface area contributed by atoms with Gasteiger partial charge in [-0.15, -0.1) is 11.3 Å². The minimum atomic E-state index is 0.0640. The number of nitrogens with zero attached hydrogens (tertiary/aromatic N) is 3. The van der Waals surface area contributed by atoms with Gasteiger partial charge in [-0.3, -0.25) is 10.2 Å². The Morgan fingerprint density at radius 2 is 2.36 bits per heavy atom. The van der Waals surface area contributed by atoms with Crippen LogP contribution in [0.2, 0.25) is 0 Å². The van der Waals surface area contributed by atoms with Crippen LogP contribution in [0.25, 0.3) is 11.0 Å². The lowest BCUT2D eigenvalue weighted by atomic mass is 10.2. The van der Waals surface area contributed by atoms with Gasteiger partial charge in [-0.2, -0.15) is 0 Å². The van der Waals surface area contributed by atoms with Crippen LogP contribution in [0.3, 0.4) is 0 Å². The first-order valence-electron chi connectivity index (χ1n) is 6.84. The number of hydrazine groups is 1. The van der Waals surface area contributed by atoms with E-state index in [1.54, 1.807) is 16.3 Å². The zero-order valence-electron chi connectivity index (χ0n) is 11.4. The second-order valence-electron chi connectivity index (χ2n) is 5.03. The van der Waals surface area contributed by atoms with Gasteiger partial charge in [-0.05, 0) is 40.5 Å². The lowest BCUT2D eigenvalue weighted by Gasteiger charge is -2.25. The lowest BCUT2D eigenvalue weighted by molar-refractivity contribution is -0.127. The number of fused-ring (bicyclic) bond motifs is 1. The van der Waals surface area contributed by atoms with Crippen LogP contribution in [-0.2, 0) is 4.79 Å². The number of carbonyl (C=O) groups excluding carboxylic acids is 1. The van der Waals surface area contributed by atoms with Crippen LogP contribution < -0.4 is 5.43 Å². The highest BCUT2D eigenvalue weighted by atomic mass is 127. The molecule has 1 saturated heterocycles. The van der Waals surface area contributed by atoms with Crippen molar-refractivity contribution in [3.63, 3.8) is 0 Å². The molecule has 6 nitrogen and oxygen atoms in total. The summed E-state index contributed by atoms with van der Waals surface area (Å²) in [6.07, 6.45) is 4.75. The molecule has 0 bridgehead atoms. The summed E-state index contributed by atoms with van der Waals surface area (Å²) < 4.78 is 1.02. The SMILES string of the molecule is O=C1CC[C@@H](c2cccs2)N1Nc1ncnc2[nH]cc(I)c12. The summed E-state index contributed by atoms with van der Waals surface area (Å²) in [6, 6.07) is 4.14. The number of rotatable bonds is 3. The summed E-state index contributed by atoms with van der Waals surface area (Å²) in [7, 11) is 0. The Labute approximate surface area is 144 Å². The molecule has 2 N–H and O–H groups in total. The fourth-order valence-electron chi connectivity index (χ4n) is 2.70. The van der Waals surface area contributed by atoms with Gasteiger partial charge in [-0.25, -0.2) is 15.0 Å². The van der Waals surface area contributed by atoms with Crippen LogP contribution in [0.4, 0.5) is 5.82 Å². The predicted molar refractivity (Wildman–Crippen MR) is 93.4 cm³/mol. The van der Waals surface area contributed by atoms with Crippen LogP contribution >= 0.6 is 33.9 Å². The molecule has 0 unspecified atom stereocenters. The molecule has 0 aromatic carbocycles. The van der Waals surface area contributed by atoms with Crippen molar-refractivity contribution in [1.82, 2.24) is 20.0 Å². The number of aromatic nitrogens is 3. The molecule has 1 amide bonds. The third-order valence-electron chi connectivity index (χ3n) is 3.73. The first kappa shape index (κ1) is 13.9. The first-order valence-corrected chi connectivity index (χ1v) is 8.79. The van der Waals surface area contributed by atoms with Crippen molar-refractivity contribution in [2.24, 2.45) is 0 Å². The Morgan fingerprint density at radius 3 is 3.18 bits per heavy atom. The smallest absolute Gasteiger partial charge is 0.241 e. The van der Waals surface area contributed by atoms with Gasteiger partial charge in [0, 0.05) is 21.1 Å². The zero-order valence-corrected chi connectivity index (χ0v) is 14.4. The van der Waals surface area contributed by atoms with Crippen molar-refractivity contribution in [1.29, 1.82) is 0 Å². The number of H-pyrrole nitrogens is 1. The molecule has 0 radical (unpaired) electrons. The molecule has 8 heteroatoms. The molecule has 0 aliphatic carbocycles. The van der Waals surface area contributed by atoms with E-state index in [0.717, 1.165) is 21.0 Å². The Bertz CT molecular complexity index is 831. The maximum Gasteiger partial charge on any atom is 0.241 e. The van der Waals surface area contributed by atoms with Gasteiger partial charge in [-0.1, -0.05) is 6.07 Å². The largest absolute Gasteiger partial charge is 0.345 e. The quantitative estimate of drug-likeness (QED) is 0.632. The molecule has 1 aliphatic rings. The molecule has 0 spiro atoms. The van der Waals surface area contributed by atoms with Crippen LogP contribution in [0.15, 0.2) is 30.0 Å². The molecular formula is C14H12IN5OS. The minimum Gasteiger partial charge on any atom is -0.345 e. The van der Waals surface area contributed by atoms with Crippen LogP contribution in [0, 0.1) is 3.57 Å². The van der Waals surface area contributed by atoms with E-state index in [2.05, 4.69) is 49.0 Å². The lowest BCUT2D eigenvalue weighted by Crippen LogP contribution is -2.33. The van der Waals surface area contributed by atoms with E-state index >= 15 is 0 Å². The van der Waals surface area contributed by atoms with Crippen molar-refractivity contribution in [3.05, 3.63) is 38.5 Å². The fourth-order valence-corrected chi connectivity index (χ4v) is 4.22. The zero-order chi connectivity index (χ0) is 15.1. The van der Waals surface area contributed by atoms with Crippen LogP contribution in [0.1, 0.15) is 23.8 Å². The van der Waals surface area contributed by atoms with E-state index in [1.807, 2.05) is 17.6 Å². The second kappa shape index (κ2) is 5.51. The van der Waals surface area contributed by atoms with Crippen molar-refractivity contribution in [2.75, 3.05) is 5.43 Å². The van der Waals surface area contributed by atoms with E-state index < -0.39 is 0 Å². The molecule has 1 fully saturated rings. The van der Waals surface area contributed by atoms with Gasteiger partial charge < -0.3 is 4.98 Å². The fraction of sp³-hybridized carbons (Fsp3) is 0.214. The Hall–Kier alpha value is -1.68. The van der Waals surface area contributed by atoms with Gasteiger partial charge in [0.05, 0.1) is 11.4 Å². The highest BCUT2D eigenvalue weighted by Gasteiger charge is 2.33. The van der Waals surface area contributed by atoms with Gasteiger partial charge in [0.25, 0.3) is 0 Å². The molecule has 0 saturated carbocycles. The third kappa shape index (κ3) is 2.26. The molecule has 4 rings (SSSR count). The van der Waals surface area contributed by atoms with E-state index in [4.69, 9.17) is 0 Å². The molecule has 1 aliphatic heterocycles. The molecule has 3 aromatic rings. The highest BCUT2D eigenvalue weighted by Crippen LogP contribution is 2.36. The number of aromatic amines is 1. The summed E-state index contributed by atoms with van der Waals surface area (Å²) in [5, 5.41) is 4.65.